The summed E-state index contributed by atoms with van der Waals surface area (Å²) in [5.74, 6) is -4.52. The summed E-state index contributed by atoms with van der Waals surface area (Å²) in [6, 6.07) is 6.04. The van der Waals surface area contributed by atoms with Crippen LogP contribution < -0.4 is 14.9 Å². The molecule has 4 rings (SSSR count). The van der Waals surface area contributed by atoms with Crippen molar-refractivity contribution in [1.29, 1.82) is 0 Å². The van der Waals surface area contributed by atoms with Crippen LogP contribution in [0.3, 0.4) is 0 Å². The molecule has 2 saturated heterocycles. The number of piperidine rings is 1. The predicted octanol–water partition coefficient (Wildman–Crippen LogP) is 2.66. The molecule has 1 atom stereocenters. The molecule has 218 valence electrons. The Hall–Kier alpha value is -2.65. The Morgan fingerprint density at radius 1 is 1.18 bits per heavy atom. The standard InChI is InChI=1S/C25H29ClF2N4O6S2/c1-2-16-18(32-12-13-38-15-22(32)33)4-3-5-20(16)40(36,37)30-17(14-29-23(34)19-6-7-21(26)39-19)24(35)31-10-8-25(27,28)9-11-31/h3-7,17,30H,2,8-15H2,1H3,(H,29,34)/t17-/m0/s1. The van der Waals surface area contributed by atoms with Crippen LogP contribution in [0.2, 0.25) is 4.34 Å². The molecule has 2 aliphatic rings. The lowest BCUT2D eigenvalue weighted by molar-refractivity contribution is -0.138. The van der Waals surface area contributed by atoms with Crippen molar-refractivity contribution in [3.05, 3.63) is 45.1 Å². The number of ether oxygens (including phenoxy) is 1. The molecule has 2 N–H and O–H groups in total. The third-order valence-corrected chi connectivity index (χ3v) is 9.48. The van der Waals surface area contributed by atoms with Crippen molar-refractivity contribution in [3.8, 4) is 0 Å². The number of benzene rings is 1. The van der Waals surface area contributed by atoms with E-state index in [-0.39, 0.29) is 48.3 Å². The lowest BCUT2D eigenvalue weighted by Gasteiger charge is -2.34. The van der Waals surface area contributed by atoms with E-state index in [1.165, 1.54) is 34.1 Å². The molecule has 3 amide bonds. The number of nitrogens with zero attached hydrogens (tertiary/aromatic N) is 2. The number of nitrogens with one attached hydrogen (secondary N) is 2. The predicted molar refractivity (Wildman–Crippen MR) is 146 cm³/mol. The number of carbonyl (C=O) groups is 3. The van der Waals surface area contributed by atoms with Gasteiger partial charge in [0.15, 0.2) is 0 Å². The number of alkyl halides is 2. The molecule has 2 fully saturated rings. The van der Waals surface area contributed by atoms with Crippen LogP contribution >= 0.6 is 22.9 Å². The number of hydrogen-bond donors (Lipinski definition) is 2. The first-order valence-electron chi connectivity index (χ1n) is 12.6. The average molecular weight is 619 g/mol. The minimum absolute atomic E-state index is 0.126. The van der Waals surface area contributed by atoms with E-state index >= 15 is 0 Å². The zero-order chi connectivity index (χ0) is 29.1. The van der Waals surface area contributed by atoms with Gasteiger partial charge in [-0.05, 0) is 36.2 Å². The van der Waals surface area contributed by atoms with Crippen LogP contribution in [0.1, 0.15) is 35.0 Å². The Kier molecular flexibility index (Phi) is 9.45. The normalized spacial score (nSPS) is 18.4. The van der Waals surface area contributed by atoms with Gasteiger partial charge in [0.05, 0.1) is 20.7 Å². The van der Waals surface area contributed by atoms with E-state index in [9.17, 15) is 31.6 Å². The molecule has 1 aromatic carbocycles. The van der Waals surface area contributed by atoms with Crippen LogP contribution in [0, 0.1) is 0 Å². The molecule has 40 heavy (non-hydrogen) atoms. The summed E-state index contributed by atoms with van der Waals surface area (Å²) >= 11 is 6.91. The summed E-state index contributed by atoms with van der Waals surface area (Å²) in [4.78, 5) is 41.2. The summed E-state index contributed by atoms with van der Waals surface area (Å²) < 4.78 is 62.8. The van der Waals surface area contributed by atoms with Crippen molar-refractivity contribution < 1.29 is 36.3 Å². The third kappa shape index (κ3) is 6.97. The number of halogens is 3. The maximum absolute atomic E-state index is 13.7. The molecular weight excluding hydrogens is 590 g/mol. The summed E-state index contributed by atoms with van der Waals surface area (Å²) in [6.07, 6.45) is -0.839. The van der Waals surface area contributed by atoms with Crippen LogP contribution in [-0.2, 0) is 30.8 Å². The Labute approximate surface area is 239 Å². The van der Waals surface area contributed by atoms with Gasteiger partial charge in [0.1, 0.15) is 12.6 Å². The van der Waals surface area contributed by atoms with Crippen molar-refractivity contribution in [3.63, 3.8) is 0 Å². The van der Waals surface area contributed by atoms with Gasteiger partial charge in [-0.15, -0.1) is 11.3 Å². The van der Waals surface area contributed by atoms with Crippen molar-refractivity contribution in [2.45, 2.75) is 43.0 Å². The fourth-order valence-electron chi connectivity index (χ4n) is 4.61. The molecule has 0 unspecified atom stereocenters. The Morgan fingerprint density at radius 2 is 1.90 bits per heavy atom. The highest BCUT2D eigenvalue weighted by Gasteiger charge is 2.39. The van der Waals surface area contributed by atoms with E-state index in [0.717, 1.165) is 11.3 Å². The third-order valence-electron chi connectivity index (χ3n) is 6.69. The molecule has 0 radical (unpaired) electrons. The topological polar surface area (TPSA) is 125 Å². The first kappa shape index (κ1) is 30.3. The van der Waals surface area contributed by atoms with Gasteiger partial charge in [-0.3, -0.25) is 14.4 Å². The van der Waals surface area contributed by atoms with Crippen molar-refractivity contribution in [2.24, 2.45) is 0 Å². The van der Waals surface area contributed by atoms with Crippen molar-refractivity contribution in [1.82, 2.24) is 14.9 Å². The fraction of sp³-hybridized carbons (Fsp3) is 0.480. The zero-order valence-corrected chi connectivity index (χ0v) is 24.0. The summed E-state index contributed by atoms with van der Waals surface area (Å²) in [5, 5.41) is 2.54. The van der Waals surface area contributed by atoms with Gasteiger partial charge in [-0.2, -0.15) is 4.72 Å². The maximum Gasteiger partial charge on any atom is 0.261 e. The number of thiophene rings is 1. The van der Waals surface area contributed by atoms with Crippen molar-refractivity contribution in [2.75, 3.05) is 44.3 Å². The van der Waals surface area contributed by atoms with Crippen LogP contribution in [0.25, 0.3) is 0 Å². The van der Waals surface area contributed by atoms with Gasteiger partial charge in [-0.25, -0.2) is 17.2 Å². The number of carbonyl (C=O) groups excluding carboxylic acids is 3. The summed E-state index contributed by atoms with van der Waals surface area (Å²) in [7, 11) is -4.38. The molecule has 10 nitrogen and oxygen atoms in total. The SMILES string of the molecule is CCc1c(N2CCOCC2=O)cccc1S(=O)(=O)N[C@@H](CNC(=O)c1ccc(Cl)s1)C(=O)N1CCC(F)(F)CC1. The van der Waals surface area contributed by atoms with Gasteiger partial charge in [0.25, 0.3) is 17.7 Å². The van der Waals surface area contributed by atoms with E-state index in [4.69, 9.17) is 16.3 Å². The van der Waals surface area contributed by atoms with Crippen LogP contribution in [0.4, 0.5) is 14.5 Å². The molecule has 0 bridgehead atoms. The lowest BCUT2D eigenvalue weighted by atomic mass is 10.1. The lowest BCUT2D eigenvalue weighted by Crippen LogP contribution is -2.56. The molecule has 3 heterocycles. The highest BCUT2D eigenvalue weighted by atomic mass is 35.5. The molecule has 2 aliphatic heterocycles. The van der Waals surface area contributed by atoms with Gasteiger partial charge in [0.2, 0.25) is 15.9 Å². The number of sulfonamides is 1. The zero-order valence-electron chi connectivity index (χ0n) is 21.6. The van der Waals surface area contributed by atoms with E-state index < -0.39 is 53.2 Å². The largest absolute Gasteiger partial charge is 0.370 e. The number of rotatable bonds is 9. The Bertz CT molecular complexity index is 1380. The summed E-state index contributed by atoms with van der Waals surface area (Å²) in [6.45, 7) is 1.22. The molecule has 0 aliphatic carbocycles. The minimum atomic E-state index is -4.38. The first-order chi connectivity index (χ1) is 18.9. The van der Waals surface area contributed by atoms with Crippen LogP contribution in [0.5, 0.6) is 0 Å². The molecule has 0 spiro atoms. The fourth-order valence-corrected chi connectivity index (χ4v) is 7.09. The van der Waals surface area contributed by atoms with Gasteiger partial charge in [-0.1, -0.05) is 24.6 Å². The second kappa shape index (κ2) is 12.5. The van der Waals surface area contributed by atoms with E-state index in [2.05, 4.69) is 10.0 Å². The molecule has 1 aromatic heterocycles. The van der Waals surface area contributed by atoms with Crippen molar-refractivity contribution >= 4 is 56.4 Å². The average Bonchev–Trinajstić information content (AvgIpc) is 3.36. The number of hydrogen-bond acceptors (Lipinski definition) is 7. The van der Waals surface area contributed by atoms with Crippen LogP contribution in [-0.4, -0.2) is 82.4 Å². The molecular formula is C25H29ClF2N4O6S2. The second-order valence-electron chi connectivity index (χ2n) is 9.37. The van der Waals surface area contributed by atoms with E-state index in [1.54, 1.807) is 13.0 Å². The quantitative estimate of drug-likeness (QED) is 0.445. The monoisotopic (exact) mass is 618 g/mol. The Morgan fingerprint density at radius 3 is 2.52 bits per heavy atom. The number of likely N-dealkylation sites (tertiary alicyclic amines) is 1. The van der Waals surface area contributed by atoms with Crippen LogP contribution in [0.15, 0.2) is 35.2 Å². The molecule has 2 aromatic rings. The molecule has 15 heteroatoms. The highest BCUT2D eigenvalue weighted by molar-refractivity contribution is 7.89. The minimum Gasteiger partial charge on any atom is -0.370 e. The number of anilines is 1. The second-order valence-corrected chi connectivity index (χ2v) is 12.8. The van der Waals surface area contributed by atoms with E-state index in [0.29, 0.717) is 22.2 Å². The maximum atomic E-state index is 13.7. The van der Waals surface area contributed by atoms with E-state index in [1.807, 2.05) is 0 Å². The first-order valence-corrected chi connectivity index (χ1v) is 15.3. The smallest absolute Gasteiger partial charge is 0.261 e. The Balaban J connectivity index is 1.61. The number of amides is 3. The van der Waals surface area contributed by atoms with Gasteiger partial charge in [0, 0.05) is 44.7 Å². The van der Waals surface area contributed by atoms with Gasteiger partial charge >= 0.3 is 0 Å². The molecule has 0 saturated carbocycles. The van der Waals surface area contributed by atoms with Gasteiger partial charge < -0.3 is 19.9 Å². The number of morpholine rings is 1. The summed E-state index contributed by atoms with van der Waals surface area (Å²) in [5.41, 5.74) is 0.786. The highest BCUT2D eigenvalue weighted by Crippen LogP contribution is 2.30.